The Bertz CT molecular complexity index is 137. The number of carbonyl (C=O) groups excluding carboxylic acids is 1. The second kappa shape index (κ2) is 11.5. The Morgan fingerprint density at radius 2 is 1.46 bits per heavy atom. The van der Waals surface area contributed by atoms with Crippen molar-refractivity contribution >= 4 is 36.7 Å². The van der Waals surface area contributed by atoms with Crippen LogP contribution in [0.4, 0.5) is 0 Å². The molecule has 4 nitrogen and oxygen atoms in total. The summed E-state index contributed by atoms with van der Waals surface area (Å²) in [5.74, 6) is -1.11. The number of amides is 1. The highest BCUT2D eigenvalue weighted by Crippen LogP contribution is 2.01. The van der Waals surface area contributed by atoms with Crippen molar-refractivity contribution in [1.82, 2.24) is 0 Å². The van der Waals surface area contributed by atoms with Gasteiger partial charge in [0.2, 0.25) is 5.91 Å². The summed E-state index contributed by atoms with van der Waals surface area (Å²) in [4.78, 5) is 20.2. The molecule has 0 heterocycles. The van der Waals surface area contributed by atoms with Gasteiger partial charge in [0.1, 0.15) is 0 Å². The molecule has 6 heteroatoms. The van der Waals surface area contributed by atoms with Crippen molar-refractivity contribution in [3.8, 4) is 0 Å². The average molecular weight is 232 g/mol. The topological polar surface area (TPSA) is 80.4 Å². The number of hydrogen-bond donors (Lipinski definition) is 2. The Kier molecular flexibility index (Phi) is 16.2. The third-order valence-corrected chi connectivity index (χ3v) is 1.31. The van der Waals surface area contributed by atoms with Crippen LogP contribution >= 0.6 is 24.8 Å². The van der Waals surface area contributed by atoms with Gasteiger partial charge in [-0.25, -0.2) is 0 Å². The lowest BCUT2D eigenvalue weighted by molar-refractivity contribution is -0.137. The quantitative estimate of drug-likeness (QED) is 0.678. The predicted molar refractivity (Wildman–Crippen MR) is 54.4 cm³/mol. The molecule has 0 spiro atoms. The van der Waals surface area contributed by atoms with E-state index >= 15 is 0 Å². The highest BCUT2D eigenvalue weighted by Gasteiger charge is 1.97. The number of unbranched alkanes of at least 4 members (excludes halogenated alkanes) is 2. The molecule has 0 unspecified atom stereocenters. The third kappa shape index (κ3) is 18.5. The zero-order chi connectivity index (χ0) is 8.69. The van der Waals surface area contributed by atoms with E-state index in [4.69, 9.17) is 10.8 Å². The first-order valence-corrected chi connectivity index (χ1v) is 3.63. The van der Waals surface area contributed by atoms with Crippen molar-refractivity contribution in [2.24, 2.45) is 5.73 Å². The van der Waals surface area contributed by atoms with E-state index in [0.717, 1.165) is 6.42 Å². The number of primary amides is 1. The summed E-state index contributed by atoms with van der Waals surface area (Å²) in [6, 6.07) is 0. The number of rotatable bonds is 6. The minimum atomic E-state index is -0.788. The maximum atomic E-state index is 10.2. The molecule has 0 aromatic heterocycles. The minimum absolute atomic E-state index is 0. The van der Waals surface area contributed by atoms with Crippen molar-refractivity contribution in [2.45, 2.75) is 32.1 Å². The summed E-state index contributed by atoms with van der Waals surface area (Å²) < 4.78 is 0. The number of carboxylic acids is 1. The maximum absolute atomic E-state index is 10.2. The molecule has 0 radical (unpaired) electrons. The largest absolute Gasteiger partial charge is 0.481 e. The second-order valence-corrected chi connectivity index (χ2v) is 2.42. The molecule has 3 N–H and O–H groups in total. The van der Waals surface area contributed by atoms with Crippen LogP contribution in [0.3, 0.4) is 0 Å². The minimum Gasteiger partial charge on any atom is -0.481 e. The zero-order valence-corrected chi connectivity index (χ0v) is 8.83. The molecule has 0 bridgehead atoms. The van der Waals surface area contributed by atoms with Gasteiger partial charge in [0.15, 0.2) is 0 Å². The van der Waals surface area contributed by atoms with E-state index < -0.39 is 5.97 Å². The van der Waals surface area contributed by atoms with Crippen molar-refractivity contribution < 1.29 is 14.7 Å². The number of carboxylic acid groups (broad SMARTS) is 1. The molecule has 0 aliphatic rings. The molecule has 0 aromatic carbocycles. The Hall–Kier alpha value is -0.480. The van der Waals surface area contributed by atoms with Crippen LogP contribution in [0.1, 0.15) is 32.1 Å². The van der Waals surface area contributed by atoms with Gasteiger partial charge in [0.25, 0.3) is 0 Å². The molecular formula is C7H15Cl2NO3. The van der Waals surface area contributed by atoms with Gasteiger partial charge < -0.3 is 10.8 Å². The zero-order valence-electron chi connectivity index (χ0n) is 7.19. The Morgan fingerprint density at radius 1 is 1.00 bits per heavy atom. The highest BCUT2D eigenvalue weighted by molar-refractivity contribution is 5.85. The van der Waals surface area contributed by atoms with Gasteiger partial charge in [0.05, 0.1) is 0 Å². The molecule has 0 rings (SSSR count). The standard InChI is InChI=1S/C7H13NO3.2ClH/c8-6(9)4-2-1-3-5-7(10)11;;/h1-5H2,(H2,8,9)(H,10,11);2*1H. The van der Waals surface area contributed by atoms with Crippen LogP contribution in [-0.4, -0.2) is 17.0 Å². The fraction of sp³-hybridized carbons (Fsp3) is 0.714. The summed E-state index contributed by atoms with van der Waals surface area (Å²) in [5.41, 5.74) is 4.88. The van der Waals surface area contributed by atoms with Gasteiger partial charge in [-0.15, -0.1) is 24.8 Å². The van der Waals surface area contributed by atoms with Gasteiger partial charge >= 0.3 is 5.97 Å². The number of nitrogens with two attached hydrogens (primary N) is 1. The fourth-order valence-corrected chi connectivity index (χ4v) is 0.752. The van der Waals surface area contributed by atoms with Crippen LogP contribution < -0.4 is 5.73 Å². The summed E-state index contributed by atoms with van der Waals surface area (Å²) >= 11 is 0. The van der Waals surface area contributed by atoms with E-state index in [2.05, 4.69) is 0 Å². The van der Waals surface area contributed by atoms with Gasteiger partial charge in [-0.1, -0.05) is 6.42 Å². The molecule has 0 saturated carbocycles. The van der Waals surface area contributed by atoms with Gasteiger partial charge in [-0.2, -0.15) is 0 Å². The first-order valence-electron chi connectivity index (χ1n) is 3.63. The number of hydrogen-bond acceptors (Lipinski definition) is 2. The number of carbonyl (C=O) groups is 2. The SMILES string of the molecule is Cl.Cl.NC(=O)CCCCCC(=O)O. The Morgan fingerprint density at radius 3 is 1.85 bits per heavy atom. The number of halogens is 2. The molecule has 1 amide bonds. The van der Waals surface area contributed by atoms with E-state index in [1.54, 1.807) is 0 Å². The van der Waals surface area contributed by atoms with E-state index in [9.17, 15) is 9.59 Å². The lowest BCUT2D eigenvalue weighted by atomic mass is 10.1. The molecule has 80 valence electrons. The van der Waals surface area contributed by atoms with E-state index in [0.29, 0.717) is 19.3 Å². The van der Waals surface area contributed by atoms with Crippen LogP contribution in [-0.2, 0) is 9.59 Å². The van der Waals surface area contributed by atoms with Crippen LogP contribution in [0.2, 0.25) is 0 Å². The molecule has 0 aromatic rings. The first-order chi connectivity index (χ1) is 5.13. The monoisotopic (exact) mass is 231 g/mol. The van der Waals surface area contributed by atoms with Crippen molar-refractivity contribution in [3.63, 3.8) is 0 Å². The summed E-state index contributed by atoms with van der Waals surface area (Å²) in [6.45, 7) is 0. The lowest BCUT2D eigenvalue weighted by Crippen LogP contribution is -2.09. The van der Waals surface area contributed by atoms with E-state index in [-0.39, 0.29) is 37.1 Å². The average Bonchev–Trinajstić information content (AvgIpc) is 1.85. The number of aliphatic carboxylic acids is 1. The maximum Gasteiger partial charge on any atom is 0.303 e. The molecule has 0 atom stereocenters. The molecule has 0 aliphatic carbocycles. The molecule has 0 saturated heterocycles. The van der Waals surface area contributed by atoms with Crippen LogP contribution in [0.5, 0.6) is 0 Å². The second-order valence-electron chi connectivity index (χ2n) is 2.42. The normalized spacial score (nSPS) is 8.00. The van der Waals surface area contributed by atoms with Gasteiger partial charge in [0, 0.05) is 12.8 Å². The molecule has 0 aliphatic heterocycles. The predicted octanol–water partition coefficient (Wildman–Crippen LogP) is 1.35. The molecule has 0 fully saturated rings. The van der Waals surface area contributed by atoms with Crippen molar-refractivity contribution in [2.75, 3.05) is 0 Å². The van der Waals surface area contributed by atoms with Crippen molar-refractivity contribution in [3.05, 3.63) is 0 Å². The van der Waals surface area contributed by atoms with E-state index in [1.807, 2.05) is 0 Å². The third-order valence-electron chi connectivity index (χ3n) is 1.31. The van der Waals surface area contributed by atoms with Crippen LogP contribution in [0, 0.1) is 0 Å². The van der Waals surface area contributed by atoms with Gasteiger partial charge in [-0.05, 0) is 12.8 Å². The Labute approximate surface area is 89.7 Å². The van der Waals surface area contributed by atoms with Crippen molar-refractivity contribution in [1.29, 1.82) is 0 Å². The Balaban J connectivity index is -0.000000500. The van der Waals surface area contributed by atoms with Crippen LogP contribution in [0.25, 0.3) is 0 Å². The summed E-state index contributed by atoms with van der Waals surface area (Å²) in [6.07, 6.45) is 2.62. The lowest BCUT2D eigenvalue weighted by Gasteiger charge is -1.95. The van der Waals surface area contributed by atoms with E-state index in [1.165, 1.54) is 0 Å². The van der Waals surface area contributed by atoms with Gasteiger partial charge in [-0.3, -0.25) is 9.59 Å². The molecule has 13 heavy (non-hydrogen) atoms. The molecular weight excluding hydrogens is 217 g/mol. The fourth-order valence-electron chi connectivity index (χ4n) is 0.752. The highest BCUT2D eigenvalue weighted by atomic mass is 35.5. The first kappa shape index (κ1) is 18.3. The van der Waals surface area contributed by atoms with Crippen LogP contribution in [0.15, 0.2) is 0 Å². The smallest absolute Gasteiger partial charge is 0.303 e. The summed E-state index contributed by atoms with van der Waals surface area (Å²) in [7, 11) is 0. The summed E-state index contributed by atoms with van der Waals surface area (Å²) in [5, 5.41) is 8.23.